The Morgan fingerprint density at radius 2 is 1.62 bits per heavy atom. The van der Waals surface area contributed by atoms with E-state index >= 15 is 0 Å². The van der Waals surface area contributed by atoms with E-state index in [4.69, 9.17) is 15.2 Å². The van der Waals surface area contributed by atoms with Crippen LogP contribution >= 0.6 is 0 Å². The number of rotatable bonds is 10. The number of fused-ring (bicyclic) bond motifs is 17. The predicted molar refractivity (Wildman–Crippen MR) is 208 cm³/mol. The number of nitrogens with zero attached hydrogens (tertiary/aromatic N) is 1. The van der Waals surface area contributed by atoms with Crippen LogP contribution in [0.3, 0.4) is 0 Å². The van der Waals surface area contributed by atoms with E-state index in [-0.39, 0.29) is 49.8 Å². The molecule has 55 heavy (non-hydrogen) atoms. The lowest BCUT2D eigenvalue weighted by Crippen LogP contribution is -2.58. The van der Waals surface area contributed by atoms with Gasteiger partial charge in [0.15, 0.2) is 0 Å². The molecule has 5 amide bonds. The maximum Gasteiger partial charge on any atom is 0.245 e. The second kappa shape index (κ2) is 19.2. The van der Waals surface area contributed by atoms with Gasteiger partial charge >= 0.3 is 0 Å². The van der Waals surface area contributed by atoms with Crippen LogP contribution in [0.4, 0.5) is 0 Å². The van der Waals surface area contributed by atoms with Crippen molar-refractivity contribution in [3.8, 4) is 11.5 Å². The molecule has 3 aromatic carbocycles. The third-order valence-electron chi connectivity index (χ3n) is 9.79. The fourth-order valence-electron chi connectivity index (χ4n) is 6.59. The Hall–Kier alpha value is -5.43. The number of hydrogen-bond donors (Lipinski definition) is 5. The van der Waals surface area contributed by atoms with Gasteiger partial charge < -0.3 is 41.4 Å². The third kappa shape index (κ3) is 12.3. The maximum atomic E-state index is 14.2. The van der Waals surface area contributed by atoms with Crippen molar-refractivity contribution in [3.63, 3.8) is 0 Å². The van der Waals surface area contributed by atoms with E-state index in [9.17, 15) is 24.0 Å². The minimum absolute atomic E-state index is 0.0736. The molecular formula is C42H54N6O7. The Bertz CT molecular complexity index is 1770. The average molecular weight is 755 g/mol. The summed E-state index contributed by atoms with van der Waals surface area (Å²) in [6, 6.07) is 18.4. The van der Waals surface area contributed by atoms with Crippen molar-refractivity contribution in [3.05, 3.63) is 95.6 Å². The highest BCUT2D eigenvalue weighted by Crippen LogP contribution is 2.30. The highest BCUT2D eigenvalue weighted by Gasteiger charge is 2.34. The Kier molecular flexibility index (Phi) is 14.3. The maximum absolute atomic E-state index is 14.2. The molecule has 6 rings (SSSR count). The number of nitrogens with two attached hydrogens (primary N) is 1. The molecule has 5 atom stereocenters. The summed E-state index contributed by atoms with van der Waals surface area (Å²) in [6.45, 7) is 6.12. The zero-order chi connectivity index (χ0) is 39.5. The molecule has 0 spiro atoms. The molecule has 13 nitrogen and oxygen atoms in total. The van der Waals surface area contributed by atoms with Gasteiger partial charge in [-0.25, -0.2) is 0 Å². The number of nitrogens with one attached hydrogen (secondary N) is 4. The van der Waals surface area contributed by atoms with Gasteiger partial charge in [-0.1, -0.05) is 68.4 Å². The molecule has 2 heterocycles. The standard InChI is InChI=1S/C42H54N6O7/c1-26(2)20-32-25-55-34-18-14-29(15-19-34)22-36(47-41(52)38(43)31-8-6-5-7-9-31)40(51)46-35(21-28-12-16-33(54-4)17-13-28)39(50)44-27(3)42(53)48(23-30-10-11-30)24-37(49)45-32/h5-9,12-19,26-27,30,32,35-36,38H,10-11,20-25,43H2,1-4H3,(H,44,50)(H,45,49)(H,46,51)(H,47,52)/t27-,32+,35+,36+,38-/m1/s1. The fourth-order valence-corrected chi connectivity index (χ4v) is 6.59. The molecule has 294 valence electrons. The average Bonchev–Trinajstić information content (AvgIpc) is 4.00. The predicted octanol–water partition coefficient (Wildman–Crippen LogP) is 2.82. The zero-order valence-electron chi connectivity index (χ0n) is 32.1. The van der Waals surface area contributed by atoms with Gasteiger partial charge in [-0.3, -0.25) is 24.0 Å². The van der Waals surface area contributed by atoms with Crippen LogP contribution in [0, 0.1) is 11.8 Å². The summed E-state index contributed by atoms with van der Waals surface area (Å²) >= 11 is 0. The van der Waals surface area contributed by atoms with Crippen LogP contribution in [0.1, 0.15) is 62.8 Å². The van der Waals surface area contributed by atoms with Crippen LogP contribution in [-0.2, 0) is 36.8 Å². The molecule has 2 aliphatic heterocycles. The summed E-state index contributed by atoms with van der Waals surface area (Å²) in [5.41, 5.74) is 8.35. The number of benzene rings is 3. The minimum Gasteiger partial charge on any atom is -0.497 e. The molecule has 1 aliphatic carbocycles. The summed E-state index contributed by atoms with van der Waals surface area (Å²) in [5, 5.41) is 11.5. The zero-order valence-corrected chi connectivity index (χ0v) is 32.1. The molecule has 1 fully saturated rings. The van der Waals surface area contributed by atoms with Gasteiger partial charge in [0.2, 0.25) is 29.5 Å². The van der Waals surface area contributed by atoms with Crippen molar-refractivity contribution in [1.82, 2.24) is 26.2 Å². The van der Waals surface area contributed by atoms with Crippen LogP contribution in [0.15, 0.2) is 78.9 Å². The summed E-state index contributed by atoms with van der Waals surface area (Å²) < 4.78 is 11.4. The Morgan fingerprint density at radius 3 is 2.25 bits per heavy atom. The quantitative estimate of drug-likeness (QED) is 0.196. The number of ether oxygens (including phenoxy) is 2. The van der Waals surface area contributed by atoms with Gasteiger partial charge in [0, 0.05) is 19.4 Å². The van der Waals surface area contributed by atoms with E-state index in [0.29, 0.717) is 35.6 Å². The number of carbonyl (C=O) groups is 5. The molecule has 0 radical (unpaired) electrons. The lowest BCUT2D eigenvalue weighted by Gasteiger charge is -2.29. The molecule has 3 aliphatic rings. The summed E-state index contributed by atoms with van der Waals surface area (Å²) in [6.07, 6.45) is 2.72. The first kappa shape index (κ1) is 40.7. The monoisotopic (exact) mass is 754 g/mol. The highest BCUT2D eigenvalue weighted by molar-refractivity contribution is 5.95. The topological polar surface area (TPSA) is 181 Å². The van der Waals surface area contributed by atoms with Gasteiger partial charge in [0.05, 0.1) is 19.7 Å². The molecule has 1 saturated carbocycles. The van der Waals surface area contributed by atoms with Gasteiger partial charge in [-0.05, 0) is 79.0 Å². The second-order valence-corrected chi connectivity index (χ2v) is 15.0. The lowest BCUT2D eigenvalue weighted by molar-refractivity contribution is -0.140. The molecule has 0 aromatic heterocycles. The smallest absolute Gasteiger partial charge is 0.245 e. The van der Waals surface area contributed by atoms with Crippen molar-refractivity contribution >= 4 is 29.5 Å². The first-order chi connectivity index (χ1) is 26.4. The normalized spacial score (nSPS) is 22.2. The molecular weight excluding hydrogens is 700 g/mol. The Labute approximate surface area is 323 Å². The number of hydrogen-bond acceptors (Lipinski definition) is 8. The van der Waals surface area contributed by atoms with Gasteiger partial charge in [-0.15, -0.1) is 0 Å². The highest BCUT2D eigenvalue weighted by atomic mass is 16.5. The van der Waals surface area contributed by atoms with Crippen molar-refractivity contribution in [1.29, 1.82) is 0 Å². The van der Waals surface area contributed by atoms with Crippen molar-refractivity contribution in [2.45, 2.75) is 83.1 Å². The van der Waals surface area contributed by atoms with Crippen LogP contribution < -0.4 is 36.5 Å². The fraction of sp³-hybridized carbons (Fsp3) is 0.452. The van der Waals surface area contributed by atoms with E-state index in [2.05, 4.69) is 35.1 Å². The molecule has 13 heteroatoms. The summed E-state index contributed by atoms with van der Waals surface area (Å²) in [4.78, 5) is 70.6. The van der Waals surface area contributed by atoms with Crippen LogP contribution in [0.5, 0.6) is 11.5 Å². The Balaban J connectivity index is 1.47. The van der Waals surface area contributed by atoms with Crippen molar-refractivity contribution in [2.24, 2.45) is 17.6 Å². The SMILES string of the molecule is COc1ccc(C[C@@H]2NC(=O)[C@@H](NC(=O)[C@H](N)c3ccccc3)Cc3ccc(cc3)OC[C@H](CC(C)C)NC(=O)CN(CC3CC3)C(=O)[C@@H](C)NC2=O)cc1. The summed E-state index contributed by atoms with van der Waals surface area (Å²) in [5.74, 6) is -0.756. The largest absolute Gasteiger partial charge is 0.497 e. The van der Waals surface area contributed by atoms with E-state index in [1.54, 1.807) is 86.8 Å². The minimum atomic E-state index is -1.14. The Morgan fingerprint density at radius 1 is 0.927 bits per heavy atom. The van der Waals surface area contributed by atoms with Crippen molar-refractivity contribution < 1.29 is 33.4 Å². The molecule has 0 saturated heterocycles. The van der Waals surface area contributed by atoms with E-state index in [0.717, 1.165) is 18.4 Å². The van der Waals surface area contributed by atoms with Crippen LogP contribution in [0.2, 0.25) is 0 Å². The van der Waals surface area contributed by atoms with E-state index < -0.39 is 47.8 Å². The van der Waals surface area contributed by atoms with Crippen LogP contribution in [-0.4, -0.2) is 85.4 Å². The number of amides is 5. The van der Waals surface area contributed by atoms with Gasteiger partial charge in [0.25, 0.3) is 0 Å². The molecule has 2 bridgehead atoms. The van der Waals surface area contributed by atoms with Crippen LogP contribution in [0.25, 0.3) is 0 Å². The van der Waals surface area contributed by atoms with E-state index in [1.165, 1.54) is 4.90 Å². The van der Waals surface area contributed by atoms with E-state index in [1.807, 2.05) is 6.07 Å². The lowest BCUT2D eigenvalue weighted by atomic mass is 10.0. The molecule has 6 N–H and O–H groups in total. The van der Waals surface area contributed by atoms with Gasteiger partial charge in [0.1, 0.15) is 42.3 Å². The van der Waals surface area contributed by atoms with Crippen molar-refractivity contribution in [2.75, 3.05) is 26.8 Å². The first-order valence-electron chi connectivity index (χ1n) is 19.0. The number of carbonyl (C=O) groups excluding carboxylic acids is 5. The summed E-state index contributed by atoms with van der Waals surface area (Å²) in [7, 11) is 1.55. The number of methoxy groups -OCH3 is 1. The molecule has 0 unspecified atom stereocenters. The first-order valence-corrected chi connectivity index (χ1v) is 19.0. The van der Waals surface area contributed by atoms with Gasteiger partial charge in [-0.2, -0.15) is 0 Å². The third-order valence-corrected chi connectivity index (χ3v) is 9.79. The molecule has 3 aromatic rings. The second-order valence-electron chi connectivity index (χ2n) is 15.0.